The fourth-order valence-corrected chi connectivity index (χ4v) is 2.21. The molecule has 1 atom stereocenters. The van der Waals surface area contributed by atoms with Gasteiger partial charge in [0.25, 0.3) is 0 Å². The molecule has 1 rings (SSSR count). The van der Waals surface area contributed by atoms with Gasteiger partial charge in [0.05, 0.1) is 4.90 Å². The number of para-hydroxylation sites is 1. The molecule has 0 radical (unpaired) electrons. The molecule has 3 nitrogen and oxygen atoms in total. The predicted octanol–water partition coefficient (Wildman–Crippen LogP) is 2.10. The van der Waals surface area contributed by atoms with Crippen LogP contribution in [-0.4, -0.2) is 27.7 Å². The summed E-state index contributed by atoms with van der Waals surface area (Å²) in [5.41, 5.74) is 0.836. The zero-order valence-corrected chi connectivity index (χ0v) is 10.3. The molecule has 0 heterocycles. The van der Waals surface area contributed by atoms with E-state index in [4.69, 9.17) is 0 Å². The molecule has 84 valence electrons. The third-order valence-electron chi connectivity index (χ3n) is 2.17. The third-order valence-corrected chi connectivity index (χ3v) is 3.54. The molecule has 15 heavy (non-hydrogen) atoms. The first-order chi connectivity index (χ1) is 6.95. The second-order valence-corrected chi connectivity index (χ2v) is 5.58. The summed E-state index contributed by atoms with van der Waals surface area (Å²) >= 11 is 0. The van der Waals surface area contributed by atoms with Crippen LogP contribution in [0.2, 0.25) is 0 Å². The molecule has 4 heteroatoms. The van der Waals surface area contributed by atoms with Crippen LogP contribution in [-0.2, 0) is 11.0 Å². The van der Waals surface area contributed by atoms with Crippen LogP contribution < -0.4 is 0 Å². The molecular weight excluding hydrogens is 210 g/mol. The Labute approximate surface area is 93.3 Å². The zero-order chi connectivity index (χ0) is 11.6. The van der Waals surface area contributed by atoms with Crippen molar-refractivity contribution in [1.29, 1.82) is 0 Å². The standard InChI is InChI=1S/C11H17NO2S/c1-8(2)9-6-5-7-10(11(9)13)15(14)12(3)4/h5-8,13H,1-4H3. The van der Waals surface area contributed by atoms with Gasteiger partial charge in [-0.3, -0.25) is 0 Å². The van der Waals surface area contributed by atoms with E-state index in [9.17, 15) is 9.32 Å². The van der Waals surface area contributed by atoms with Gasteiger partial charge in [0.1, 0.15) is 16.7 Å². The van der Waals surface area contributed by atoms with E-state index < -0.39 is 11.0 Å². The van der Waals surface area contributed by atoms with Crippen molar-refractivity contribution >= 4 is 11.0 Å². The van der Waals surface area contributed by atoms with E-state index in [0.717, 1.165) is 5.56 Å². The van der Waals surface area contributed by atoms with E-state index in [1.807, 2.05) is 26.0 Å². The first-order valence-electron chi connectivity index (χ1n) is 4.86. The third kappa shape index (κ3) is 2.58. The van der Waals surface area contributed by atoms with Crippen LogP contribution in [0.1, 0.15) is 25.3 Å². The topological polar surface area (TPSA) is 40.5 Å². The van der Waals surface area contributed by atoms with Crippen LogP contribution in [0.25, 0.3) is 0 Å². The Bertz CT molecular complexity index is 375. The Hall–Kier alpha value is -0.870. The largest absolute Gasteiger partial charge is 0.506 e. The van der Waals surface area contributed by atoms with Crippen molar-refractivity contribution in [3.63, 3.8) is 0 Å². The molecule has 0 aliphatic heterocycles. The van der Waals surface area contributed by atoms with Gasteiger partial charge in [-0.1, -0.05) is 26.0 Å². The van der Waals surface area contributed by atoms with Gasteiger partial charge in [0, 0.05) is 0 Å². The number of aromatic hydroxyl groups is 1. The normalized spacial score (nSPS) is 13.5. The van der Waals surface area contributed by atoms with Crippen LogP contribution in [0.4, 0.5) is 0 Å². The van der Waals surface area contributed by atoms with E-state index in [0.29, 0.717) is 4.90 Å². The van der Waals surface area contributed by atoms with Gasteiger partial charge in [-0.15, -0.1) is 0 Å². The van der Waals surface area contributed by atoms with Crippen molar-refractivity contribution in [2.45, 2.75) is 24.7 Å². The summed E-state index contributed by atoms with van der Waals surface area (Å²) in [6, 6.07) is 5.37. The van der Waals surface area contributed by atoms with Crippen molar-refractivity contribution in [3.8, 4) is 5.75 Å². The fraction of sp³-hybridized carbons (Fsp3) is 0.455. The lowest BCUT2D eigenvalue weighted by Crippen LogP contribution is -2.15. The second-order valence-electron chi connectivity index (χ2n) is 3.91. The number of rotatable bonds is 3. The number of hydrogen-bond acceptors (Lipinski definition) is 2. The number of phenolic OH excluding ortho intramolecular Hbond substituents is 1. The van der Waals surface area contributed by atoms with E-state index in [1.165, 1.54) is 0 Å². The molecule has 0 aliphatic carbocycles. The molecule has 1 unspecified atom stereocenters. The van der Waals surface area contributed by atoms with Gasteiger partial charge in [-0.05, 0) is 31.6 Å². The average Bonchev–Trinajstić information content (AvgIpc) is 2.16. The van der Waals surface area contributed by atoms with Crippen LogP contribution in [0.3, 0.4) is 0 Å². The Balaban J connectivity index is 3.21. The summed E-state index contributed by atoms with van der Waals surface area (Å²) in [5, 5.41) is 9.96. The van der Waals surface area contributed by atoms with Crippen molar-refractivity contribution in [1.82, 2.24) is 4.31 Å². The van der Waals surface area contributed by atoms with E-state index in [1.54, 1.807) is 24.5 Å². The summed E-state index contributed by atoms with van der Waals surface area (Å²) < 4.78 is 13.4. The minimum absolute atomic E-state index is 0.152. The van der Waals surface area contributed by atoms with Crippen molar-refractivity contribution in [2.75, 3.05) is 14.1 Å². The van der Waals surface area contributed by atoms with Crippen LogP contribution >= 0.6 is 0 Å². The summed E-state index contributed by atoms with van der Waals surface area (Å²) in [7, 11) is 2.15. The van der Waals surface area contributed by atoms with Crippen molar-refractivity contribution in [2.24, 2.45) is 0 Å². The Kier molecular flexibility index (Phi) is 3.88. The second kappa shape index (κ2) is 4.77. The number of hydrogen-bond donors (Lipinski definition) is 1. The van der Waals surface area contributed by atoms with Gasteiger partial charge in [0.2, 0.25) is 0 Å². The first kappa shape index (κ1) is 12.2. The van der Waals surface area contributed by atoms with Gasteiger partial charge in [-0.2, -0.15) is 0 Å². The molecule has 0 aliphatic rings. The predicted molar refractivity (Wildman–Crippen MR) is 62.3 cm³/mol. The Morgan fingerprint density at radius 3 is 2.40 bits per heavy atom. The Morgan fingerprint density at radius 1 is 1.33 bits per heavy atom. The smallest absolute Gasteiger partial charge is 0.136 e. The lowest BCUT2D eigenvalue weighted by molar-refractivity contribution is 0.448. The molecule has 1 N–H and O–H groups in total. The molecule has 0 aromatic heterocycles. The Morgan fingerprint density at radius 2 is 1.93 bits per heavy atom. The van der Waals surface area contributed by atoms with Gasteiger partial charge < -0.3 is 5.11 Å². The minimum Gasteiger partial charge on any atom is -0.506 e. The maximum absolute atomic E-state index is 11.8. The fourth-order valence-electron chi connectivity index (χ4n) is 1.34. The van der Waals surface area contributed by atoms with Crippen molar-refractivity contribution in [3.05, 3.63) is 23.8 Å². The molecule has 0 bridgehead atoms. The highest BCUT2D eigenvalue weighted by atomic mass is 32.2. The summed E-state index contributed by atoms with van der Waals surface area (Å²) in [5.74, 6) is 0.378. The number of phenols is 1. The quantitative estimate of drug-likeness (QED) is 0.859. The summed E-state index contributed by atoms with van der Waals surface area (Å²) in [6.07, 6.45) is 0. The summed E-state index contributed by atoms with van der Waals surface area (Å²) in [6.45, 7) is 3.99. The summed E-state index contributed by atoms with van der Waals surface area (Å²) in [4.78, 5) is 0.478. The molecule has 1 aromatic rings. The highest BCUT2D eigenvalue weighted by molar-refractivity contribution is 7.82. The SMILES string of the molecule is CC(C)c1cccc(S(=O)N(C)C)c1O. The lowest BCUT2D eigenvalue weighted by atomic mass is 10.0. The van der Waals surface area contributed by atoms with Crippen LogP contribution in [0, 0.1) is 0 Å². The number of nitrogens with zero attached hydrogens (tertiary/aromatic N) is 1. The van der Waals surface area contributed by atoms with Gasteiger partial charge in [0.15, 0.2) is 0 Å². The first-order valence-corrected chi connectivity index (χ1v) is 5.97. The monoisotopic (exact) mass is 227 g/mol. The van der Waals surface area contributed by atoms with Crippen molar-refractivity contribution < 1.29 is 9.32 Å². The van der Waals surface area contributed by atoms with Crippen LogP contribution in [0.15, 0.2) is 23.1 Å². The zero-order valence-electron chi connectivity index (χ0n) is 9.52. The van der Waals surface area contributed by atoms with Crippen LogP contribution in [0.5, 0.6) is 5.75 Å². The molecule has 0 amide bonds. The average molecular weight is 227 g/mol. The highest BCUT2D eigenvalue weighted by Crippen LogP contribution is 2.31. The molecule has 1 aromatic carbocycles. The maximum atomic E-state index is 11.8. The number of benzene rings is 1. The molecule has 0 saturated carbocycles. The molecule has 0 saturated heterocycles. The maximum Gasteiger partial charge on any atom is 0.136 e. The van der Waals surface area contributed by atoms with E-state index in [-0.39, 0.29) is 11.7 Å². The molecule has 0 spiro atoms. The minimum atomic E-state index is -1.29. The lowest BCUT2D eigenvalue weighted by Gasteiger charge is -2.14. The van der Waals surface area contributed by atoms with E-state index >= 15 is 0 Å². The molecular formula is C11H17NO2S. The van der Waals surface area contributed by atoms with Gasteiger partial charge in [-0.25, -0.2) is 8.51 Å². The van der Waals surface area contributed by atoms with Gasteiger partial charge >= 0.3 is 0 Å². The van der Waals surface area contributed by atoms with E-state index in [2.05, 4.69) is 0 Å². The highest BCUT2D eigenvalue weighted by Gasteiger charge is 2.15. The molecule has 0 fully saturated rings.